The van der Waals surface area contributed by atoms with Crippen molar-refractivity contribution in [1.82, 2.24) is 18.3 Å². The quantitative estimate of drug-likeness (QED) is 0.135. The molecule has 0 radical (unpaired) electrons. The summed E-state index contributed by atoms with van der Waals surface area (Å²) in [6.45, 7) is 4.71. The summed E-state index contributed by atoms with van der Waals surface area (Å²) in [5.41, 5.74) is 30.9. The smallest absolute Gasteiger partial charge is 0.171 e. The van der Waals surface area contributed by atoms with Crippen molar-refractivity contribution in [3.63, 3.8) is 0 Å². The molecule has 5 aliphatic rings. The molecule has 0 amide bonds. The number of ether oxygens (including phenoxy) is 2. The molecule has 9 heteroatoms. The highest BCUT2D eigenvalue weighted by molar-refractivity contribution is 7.85. The van der Waals surface area contributed by atoms with E-state index in [0.29, 0.717) is 0 Å². The van der Waals surface area contributed by atoms with Gasteiger partial charge in [0.15, 0.2) is 7.14 Å². The van der Waals surface area contributed by atoms with Crippen LogP contribution in [0.4, 0.5) is 17.1 Å². The number of nitrogens with zero attached hydrogens (tertiary/aromatic N) is 5. The van der Waals surface area contributed by atoms with E-state index in [-0.39, 0.29) is 5.41 Å². The van der Waals surface area contributed by atoms with E-state index in [1.807, 2.05) is 30.3 Å². The topological polar surface area (TPSA) is 58.5 Å². The predicted octanol–water partition coefficient (Wildman–Crippen LogP) is 28.8. The third-order valence-electron chi connectivity index (χ3n) is 29.1. The van der Waals surface area contributed by atoms with Crippen molar-refractivity contribution in [3.8, 4) is 68.0 Å². The minimum atomic E-state index is -3.65. The number of para-hydroxylation sites is 10. The first-order valence-electron chi connectivity index (χ1n) is 44.2. The van der Waals surface area contributed by atoms with Gasteiger partial charge in [-0.15, -0.1) is 0 Å². The Kier molecular flexibility index (Phi) is 14.5. The van der Waals surface area contributed by atoms with Crippen molar-refractivity contribution in [2.24, 2.45) is 0 Å². The van der Waals surface area contributed by atoms with Gasteiger partial charge in [-0.05, 0) is 213 Å². The molecule has 600 valence electrons. The Hall–Kier alpha value is -16.0. The van der Waals surface area contributed by atoms with Gasteiger partial charge in [0.05, 0.1) is 66.3 Å². The summed E-state index contributed by atoms with van der Waals surface area (Å²) in [6.07, 6.45) is 0. The van der Waals surface area contributed by atoms with Crippen molar-refractivity contribution < 1.29 is 14.0 Å². The molecule has 3 unspecified atom stereocenters. The van der Waals surface area contributed by atoms with E-state index < -0.39 is 18.0 Å². The highest BCUT2D eigenvalue weighted by Crippen LogP contribution is 2.65. The monoisotopic (exact) mass is 1650 g/mol. The van der Waals surface area contributed by atoms with E-state index in [0.717, 1.165) is 156 Å². The van der Waals surface area contributed by atoms with Gasteiger partial charge in [-0.2, -0.15) is 0 Å². The summed E-state index contributed by atoms with van der Waals surface area (Å²) in [5, 5.41) is 11.4. The molecule has 0 fully saturated rings. The van der Waals surface area contributed by atoms with E-state index in [9.17, 15) is 0 Å². The third kappa shape index (κ3) is 9.35. The fourth-order valence-electron chi connectivity index (χ4n) is 23.7. The number of rotatable bonds is 9. The minimum absolute atomic E-state index is 0.189. The summed E-state index contributed by atoms with van der Waals surface area (Å²) < 4.78 is 42.0. The zero-order valence-electron chi connectivity index (χ0n) is 69.8. The molecule has 8 nitrogen and oxygen atoms in total. The van der Waals surface area contributed by atoms with Crippen LogP contribution in [0.1, 0.15) is 69.5 Å². The Morgan fingerprint density at radius 3 is 1.24 bits per heavy atom. The van der Waals surface area contributed by atoms with E-state index in [1.54, 1.807) is 0 Å². The maximum absolute atomic E-state index is 17.4. The van der Waals surface area contributed by atoms with Crippen LogP contribution in [0.15, 0.2) is 425 Å². The Morgan fingerprint density at radius 1 is 0.242 bits per heavy atom. The fourth-order valence-corrected chi connectivity index (χ4v) is 26.4. The molecule has 19 aromatic carbocycles. The van der Waals surface area contributed by atoms with Crippen LogP contribution >= 0.6 is 7.14 Å². The number of hydrogen-bond donors (Lipinski definition) is 0. The highest BCUT2D eigenvalue weighted by atomic mass is 31.2. The van der Waals surface area contributed by atoms with Gasteiger partial charge in [-0.3, -0.25) is 0 Å². The van der Waals surface area contributed by atoms with Crippen LogP contribution in [0.2, 0.25) is 0 Å². The summed E-state index contributed by atoms with van der Waals surface area (Å²) in [4.78, 5) is 2.40. The third-order valence-corrected chi connectivity index (χ3v) is 32.2. The second-order valence-corrected chi connectivity index (χ2v) is 38.4. The maximum atomic E-state index is 17.4. The van der Waals surface area contributed by atoms with Crippen LogP contribution in [0.5, 0.6) is 23.0 Å². The molecule has 128 heavy (non-hydrogen) atoms. The van der Waals surface area contributed by atoms with Crippen LogP contribution in [0.25, 0.3) is 132 Å². The molecule has 0 bridgehead atoms. The fraction of sp³-hybridized carbons (Fsp3) is 0.0420. The van der Waals surface area contributed by atoms with Gasteiger partial charge in [0.1, 0.15) is 23.0 Å². The molecule has 23 aromatic rings. The predicted molar refractivity (Wildman–Crippen MR) is 525 cm³/mol. The standard InChI is InChI=1S/C119H76N5O3P/c1-117(2)93-40-13-9-34-83(93)84-64-61-79(68-100(84)117)120(75-29-5-3-6-30-75)76-55-57-77(58-56-76)122-106-65-54-74(67-90(106)92-70-114-102(72-110(92)122)119(97-44-17-24-53-112(97)127-114)95-42-15-22-51-108(95)124-105-49-20-11-36-86(105)89-39-27-46-99(119)116(89)124)73-28-25-33-82(66-73)128(125,80-31-7-4-8-32-80)81-62-59-78(60-63-81)121-103-47-18-12-37-87(103)91-69-113-101(71-109(91)121)118(96-43-16-23-52-111(96)126-113)94-41-14-21-50-107(94)123-104-48-19-10-35-85(104)88-38-26-45-98(118)115(88)123/h3-72H,1-2H3. The molecule has 4 aliphatic heterocycles. The first-order chi connectivity index (χ1) is 63.1. The van der Waals surface area contributed by atoms with Crippen molar-refractivity contribution in [2.75, 3.05) is 4.90 Å². The van der Waals surface area contributed by atoms with Gasteiger partial charge in [-0.25, -0.2) is 0 Å². The minimum Gasteiger partial charge on any atom is -0.457 e. The second-order valence-electron chi connectivity index (χ2n) is 35.6. The lowest BCUT2D eigenvalue weighted by molar-refractivity contribution is 0.434. The Morgan fingerprint density at radius 2 is 0.648 bits per heavy atom. The van der Waals surface area contributed by atoms with Crippen LogP contribution in [0.3, 0.4) is 0 Å². The van der Waals surface area contributed by atoms with Gasteiger partial charge in [0, 0.05) is 115 Å². The molecule has 2 spiro atoms. The number of hydrogen-bond acceptors (Lipinski definition) is 4. The SMILES string of the molecule is CC1(C)c2ccccc2-c2ccc(N(c3ccccc3)c3ccc(-n4c5ccc(-c6cccc(P(=O)(c7ccccc7)c7ccc(-n8c9ccccc9c9cc%10c(cc98)C8(c9ccccc9O%10)c9ccccc9-n9c%10ccccc%10c%10cccc8c%109)cc7)c6)cc5c5cc6c(cc54)C4(c5ccccc5O6)c5ccccc5-n5c6ccccc6c6cccc4c65)cc3)cc21. The normalized spacial score (nSPS) is 16.1. The average molecular weight is 1650 g/mol. The largest absolute Gasteiger partial charge is 0.457 e. The molecule has 4 aromatic heterocycles. The molecule has 1 aliphatic carbocycles. The zero-order valence-corrected chi connectivity index (χ0v) is 70.7. The van der Waals surface area contributed by atoms with Crippen molar-refractivity contribution >= 4 is 127 Å². The zero-order chi connectivity index (χ0) is 84.2. The molecule has 28 rings (SSSR count). The van der Waals surface area contributed by atoms with Crippen molar-refractivity contribution in [1.29, 1.82) is 0 Å². The van der Waals surface area contributed by atoms with Gasteiger partial charge in [-0.1, -0.05) is 281 Å². The second kappa shape index (κ2) is 26.1. The number of fused-ring (bicyclic) bond motifs is 31. The Labute approximate surface area is 737 Å². The summed E-state index contributed by atoms with van der Waals surface area (Å²) in [7, 11) is -3.65. The van der Waals surface area contributed by atoms with Gasteiger partial charge >= 0.3 is 0 Å². The Bertz CT molecular complexity index is 8850. The van der Waals surface area contributed by atoms with Crippen LogP contribution < -0.4 is 30.3 Å². The van der Waals surface area contributed by atoms with Gasteiger partial charge in [0.2, 0.25) is 0 Å². The highest BCUT2D eigenvalue weighted by Gasteiger charge is 2.53. The molecule has 0 saturated heterocycles. The van der Waals surface area contributed by atoms with Crippen molar-refractivity contribution in [3.05, 3.63) is 480 Å². The first kappa shape index (κ1) is 71.4. The van der Waals surface area contributed by atoms with E-state index in [1.165, 1.54) is 88.1 Å². The van der Waals surface area contributed by atoms with Crippen LogP contribution in [-0.2, 0) is 20.8 Å². The molecular weight excluding hydrogens is 1580 g/mol. The maximum Gasteiger partial charge on any atom is 0.171 e. The summed E-state index contributed by atoms with van der Waals surface area (Å²) in [5.74, 6) is 3.28. The molecular formula is C119H76N5O3P. The lowest BCUT2D eigenvalue weighted by atomic mass is 9.61. The van der Waals surface area contributed by atoms with E-state index >= 15 is 4.57 Å². The van der Waals surface area contributed by atoms with Gasteiger partial charge < -0.3 is 37.2 Å². The van der Waals surface area contributed by atoms with E-state index in [2.05, 4.69) is 431 Å². The molecule has 8 heterocycles. The summed E-state index contributed by atoms with van der Waals surface area (Å²) >= 11 is 0. The molecule has 3 atom stereocenters. The number of benzene rings is 19. The summed E-state index contributed by atoms with van der Waals surface area (Å²) in [6, 6.07) is 155. The lowest BCUT2D eigenvalue weighted by Crippen LogP contribution is -2.37. The molecule has 0 N–H and O–H groups in total. The Balaban J connectivity index is 0.612. The van der Waals surface area contributed by atoms with Gasteiger partial charge in [0.25, 0.3) is 0 Å². The molecule has 0 saturated carbocycles. The van der Waals surface area contributed by atoms with Crippen LogP contribution in [0, 0.1) is 0 Å². The lowest BCUT2D eigenvalue weighted by Gasteiger charge is -2.45. The van der Waals surface area contributed by atoms with Crippen LogP contribution in [-0.4, -0.2) is 18.3 Å². The first-order valence-corrected chi connectivity index (χ1v) is 45.9. The number of anilines is 3. The van der Waals surface area contributed by atoms with E-state index in [4.69, 9.17) is 9.47 Å². The number of aromatic nitrogens is 4. The average Bonchev–Trinajstić information content (AvgIpc) is 1.37. The van der Waals surface area contributed by atoms with Crippen molar-refractivity contribution in [2.45, 2.75) is 30.1 Å².